The van der Waals surface area contributed by atoms with Crippen molar-refractivity contribution >= 4 is 5.95 Å². The van der Waals surface area contributed by atoms with Crippen LogP contribution in [-0.4, -0.2) is 14.8 Å². The van der Waals surface area contributed by atoms with Gasteiger partial charge in [-0.2, -0.15) is 0 Å². The molecule has 0 aliphatic carbocycles. The summed E-state index contributed by atoms with van der Waals surface area (Å²) in [6.45, 7) is 2.07. The van der Waals surface area contributed by atoms with Crippen LogP contribution >= 0.6 is 0 Å². The van der Waals surface area contributed by atoms with Crippen LogP contribution < -0.4 is 5.73 Å². The first-order chi connectivity index (χ1) is 5.77. The van der Waals surface area contributed by atoms with Crippen LogP contribution in [0.1, 0.15) is 25.8 Å². The summed E-state index contributed by atoms with van der Waals surface area (Å²) in [6.07, 6.45) is 8.81. The van der Waals surface area contributed by atoms with E-state index in [1.807, 2.05) is 0 Å². The maximum absolute atomic E-state index is 5.36. The first-order valence-corrected chi connectivity index (χ1v) is 3.90. The summed E-state index contributed by atoms with van der Waals surface area (Å²) in [4.78, 5) is 3.80. The smallest absolute Gasteiger partial charge is 0.239 e. The molecule has 0 fully saturated rings. The quantitative estimate of drug-likeness (QED) is 0.673. The molecule has 0 aliphatic rings. The molecule has 1 aromatic rings. The van der Waals surface area contributed by atoms with Gasteiger partial charge in [0.25, 0.3) is 0 Å². The van der Waals surface area contributed by atoms with Gasteiger partial charge >= 0.3 is 0 Å². The van der Waals surface area contributed by atoms with E-state index in [0.29, 0.717) is 0 Å². The molecule has 4 nitrogen and oxygen atoms in total. The summed E-state index contributed by atoms with van der Waals surface area (Å²) in [6, 6.07) is -0.0141. The number of anilines is 1. The average molecular weight is 164 g/mol. The van der Waals surface area contributed by atoms with Crippen molar-refractivity contribution in [3.63, 3.8) is 0 Å². The Hall–Kier alpha value is -1.50. The zero-order valence-electron chi connectivity index (χ0n) is 7.07. The molecule has 0 amide bonds. The molecule has 0 saturated carbocycles. The van der Waals surface area contributed by atoms with E-state index < -0.39 is 0 Å². The van der Waals surface area contributed by atoms with Gasteiger partial charge in [-0.15, -0.1) is 11.5 Å². The molecule has 2 N–H and O–H groups in total. The van der Waals surface area contributed by atoms with Gasteiger partial charge in [-0.1, -0.05) is 19.3 Å². The van der Waals surface area contributed by atoms with Crippen molar-refractivity contribution in [2.75, 3.05) is 5.73 Å². The minimum atomic E-state index is -0.0141. The fraction of sp³-hybridized carbons (Fsp3) is 0.500. The van der Waals surface area contributed by atoms with E-state index in [9.17, 15) is 0 Å². The Labute approximate surface area is 71.8 Å². The number of nitrogens with two attached hydrogens (primary N) is 1. The summed E-state index contributed by atoms with van der Waals surface area (Å²) in [5.74, 6) is 2.91. The van der Waals surface area contributed by atoms with E-state index in [0.717, 1.165) is 12.8 Å². The van der Waals surface area contributed by atoms with Crippen molar-refractivity contribution in [1.29, 1.82) is 0 Å². The lowest BCUT2D eigenvalue weighted by Gasteiger charge is -2.07. The van der Waals surface area contributed by atoms with Crippen molar-refractivity contribution < 1.29 is 0 Å². The fourth-order valence-corrected chi connectivity index (χ4v) is 1.00. The van der Waals surface area contributed by atoms with Crippen LogP contribution in [0.4, 0.5) is 5.95 Å². The van der Waals surface area contributed by atoms with Gasteiger partial charge < -0.3 is 5.73 Å². The molecule has 1 rings (SSSR count). The Kier molecular flexibility index (Phi) is 2.70. The Morgan fingerprint density at radius 2 is 2.58 bits per heavy atom. The highest BCUT2D eigenvalue weighted by Gasteiger charge is 2.06. The highest BCUT2D eigenvalue weighted by atomic mass is 15.4. The number of terminal acetylenes is 1. The highest BCUT2D eigenvalue weighted by Crippen LogP contribution is 2.10. The van der Waals surface area contributed by atoms with Crippen LogP contribution in [0.25, 0.3) is 0 Å². The summed E-state index contributed by atoms with van der Waals surface area (Å²) in [7, 11) is 0. The SMILES string of the molecule is C#CC(CCC)n1cnc(N)n1. The van der Waals surface area contributed by atoms with Gasteiger partial charge in [0.15, 0.2) is 0 Å². The lowest BCUT2D eigenvalue weighted by Crippen LogP contribution is -2.07. The van der Waals surface area contributed by atoms with E-state index in [2.05, 4.69) is 22.9 Å². The minimum Gasteiger partial charge on any atom is -0.367 e. The normalized spacial score (nSPS) is 12.3. The van der Waals surface area contributed by atoms with Gasteiger partial charge in [-0.25, -0.2) is 9.67 Å². The van der Waals surface area contributed by atoms with Crippen LogP contribution in [0.3, 0.4) is 0 Å². The fourth-order valence-electron chi connectivity index (χ4n) is 1.00. The van der Waals surface area contributed by atoms with E-state index in [1.54, 1.807) is 11.0 Å². The van der Waals surface area contributed by atoms with E-state index in [1.165, 1.54) is 0 Å². The van der Waals surface area contributed by atoms with Gasteiger partial charge in [-0.3, -0.25) is 0 Å². The topological polar surface area (TPSA) is 56.7 Å². The Morgan fingerprint density at radius 1 is 1.83 bits per heavy atom. The molecule has 0 aromatic carbocycles. The highest BCUT2D eigenvalue weighted by molar-refractivity contribution is 5.11. The standard InChI is InChI=1S/C8H12N4/c1-3-5-7(4-2)12-6-10-8(9)11-12/h2,6-7H,3,5H2,1H3,(H2,9,11). The second kappa shape index (κ2) is 3.77. The number of nitrogen functional groups attached to an aromatic ring is 1. The predicted molar refractivity (Wildman–Crippen MR) is 47.2 cm³/mol. The van der Waals surface area contributed by atoms with Crippen molar-refractivity contribution in [3.05, 3.63) is 6.33 Å². The Morgan fingerprint density at radius 3 is 3.00 bits per heavy atom. The summed E-state index contributed by atoms with van der Waals surface area (Å²) >= 11 is 0. The molecular formula is C8H12N4. The molecule has 1 heterocycles. The third kappa shape index (κ3) is 1.76. The van der Waals surface area contributed by atoms with Gasteiger partial charge in [-0.05, 0) is 6.42 Å². The molecule has 0 radical (unpaired) electrons. The van der Waals surface area contributed by atoms with Gasteiger partial charge in [0, 0.05) is 0 Å². The van der Waals surface area contributed by atoms with Gasteiger partial charge in [0.2, 0.25) is 5.95 Å². The lowest BCUT2D eigenvalue weighted by atomic mass is 10.2. The molecule has 0 aliphatic heterocycles. The summed E-state index contributed by atoms with van der Waals surface area (Å²) in [5, 5.41) is 3.94. The Balaban J connectivity index is 2.74. The van der Waals surface area contributed by atoms with E-state index in [4.69, 9.17) is 12.2 Å². The van der Waals surface area contributed by atoms with Crippen molar-refractivity contribution in [2.24, 2.45) is 0 Å². The molecule has 1 unspecified atom stereocenters. The molecule has 0 spiro atoms. The molecule has 0 saturated heterocycles. The maximum atomic E-state index is 5.36. The predicted octanol–water partition coefficient (Wildman–Crippen LogP) is 0.835. The van der Waals surface area contributed by atoms with Crippen molar-refractivity contribution in [1.82, 2.24) is 14.8 Å². The van der Waals surface area contributed by atoms with Gasteiger partial charge in [0.05, 0.1) is 0 Å². The third-order valence-corrected chi connectivity index (χ3v) is 1.60. The average Bonchev–Trinajstić information content (AvgIpc) is 2.47. The zero-order chi connectivity index (χ0) is 8.97. The van der Waals surface area contributed by atoms with Crippen molar-refractivity contribution in [2.45, 2.75) is 25.8 Å². The monoisotopic (exact) mass is 164 g/mol. The zero-order valence-corrected chi connectivity index (χ0v) is 7.07. The number of aromatic nitrogens is 3. The third-order valence-electron chi connectivity index (χ3n) is 1.60. The summed E-state index contributed by atoms with van der Waals surface area (Å²) in [5.41, 5.74) is 5.36. The largest absolute Gasteiger partial charge is 0.367 e. The number of hydrogen-bond donors (Lipinski definition) is 1. The molecule has 1 atom stereocenters. The van der Waals surface area contributed by atoms with Crippen LogP contribution in [0.15, 0.2) is 6.33 Å². The van der Waals surface area contributed by atoms with E-state index in [-0.39, 0.29) is 12.0 Å². The summed E-state index contributed by atoms with van der Waals surface area (Å²) < 4.78 is 1.62. The Bertz CT molecular complexity index is 283. The maximum Gasteiger partial charge on any atom is 0.239 e. The minimum absolute atomic E-state index is 0.0141. The number of hydrogen-bond acceptors (Lipinski definition) is 3. The van der Waals surface area contributed by atoms with Gasteiger partial charge in [0.1, 0.15) is 12.4 Å². The van der Waals surface area contributed by atoms with Crippen LogP contribution in [0.2, 0.25) is 0 Å². The van der Waals surface area contributed by atoms with Crippen LogP contribution in [-0.2, 0) is 0 Å². The number of rotatable bonds is 3. The number of nitrogens with zero attached hydrogens (tertiary/aromatic N) is 3. The molecular weight excluding hydrogens is 152 g/mol. The first kappa shape index (κ1) is 8.60. The molecule has 12 heavy (non-hydrogen) atoms. The second-order valence-electron chi connectivity index (χ2n) is 2.55. The molecule has 1 aromatic heterocycles. The van der Waals surface area contributed by atoms with E-state index >= 15 is 0 Å². The van der Waals surface area contributed by atoms with Crippen LogP contribution in [0, 0.1) is 12.3 Å². The lowest BCUT2D eigenvalue weighted by molar-refractivity contribution is 0.513. The molecule has 4 heteroatoms. The molecule has 0 bridgehead atoms. The molecule has 64 valence electrons. The second-order valence-corrected chi connectivity index (χ2v) is 2.55. The van der Waals surface area contributed by atoms with Crippen molar-refractivity contribution in [3.8, 4) is 12.3 Å². The first-order valence-electron chi connectivity index (χ1n) is 3.90. The van der Waals surface area contributed by atoms with Crippen LogP contribution in [0.5, 0.6) is 0 Å².